The highest BCUT2D eigenvalue weighted by molar-refractivity contribution is 5.80. The summed E-state index contributed by atoms with van der Waals surface area (Å²) in [7, 11) is 0. The van der Waals surface area contributed by atoms with Crippen LogP contribution in [0.1, 0.15) is 6.42 Å². The Kier molecular flexibility index (Phi) is 3.70. The molecule has 1 amide bonds. The van der Waals surface area contributed by atoms with Crippen molar-refractivity contribution >= 4 is 12.1 Å². The maximum absolute atomic E-state index is 10.1. The fourth-order valence-corrected chi connectivity index (χ4v) is 0.377. The molecule has 0 radical (unpaired) electrons. The summed E-state index contributed by atoms with van der Waals surface area (Å²) in [5.74, 6) is 0.0926. The molecule has 0 spiro atoms. The van der Waals surface area contributed by atoms with Crippen molar-refractivity contribution in [2.75, 3.05) is 0 Å². The van der Waals surface area contributed by atoms with Crippen LogP contribution in [0.15, 0.2) is 12.3 Å². The molecule has 0 saturated carbocycles. The second-order valence-corrected chi connectivity index (χ2v) is 1.46. The number of carboxylic acid groups (broad SMARTS) is 2. The second kappa shape index (κ2) is 4.37. The third-order valence-electron chi connectivity index (χ3n) is 0.665. The molecule has 56 valence electrons. The molecule has 0 aliphatic carbocycles. The van der Waals surface area contributed by atoms with E-state index in [2.05, 4.69) is 5.32 Å². The maximum atomic E-state index is 10.1. The van der Waals surface area contributed by atoms with Crippen molar-refractivity contribution in [2.24, 2.45) is 0 Å². The van der Waals surface area contributed by atoms with E-state index in [0.29, 0.717) is 6.42 Å². The first kappa shape index (κ1) is 8.48. The third kappa shape index (κ3) is 6.48. The lowest BCUT2D eigenvalue weighted by molar-refractivity contribution is -0.118. The molecule has 1 aliphatic heterocycles. The van der Waals surface area contributed by atoms with Gasteiger partial charge in [0.1, 0.15) is 0 Å². The number of amides is 1. The van der Waals surface area contributed by atoms with Gasteiger partial charge in [0, 0.05) is 12.6 Å². The highest BCUT2D eigenvalue weighted by Crippen LogP contribution is 1.87. The standard InChI is InChI=1S/C4H5NO.CH2O3/c6-4-2-1-3-5-4;2-1(3)4/h1,3H,2H2,(H,5,6);(H2,2,3,4). The summed E-state index contributed by atoms with van der Waals surface area (Å²) < 4.78 is 0. The van der Waals surface area contributed by atoms with E-state index in [-0.39, 0.29) is 5.91 Å². The van der Waals surface area contributed by atoms with Crippen molar-refractivity contribution in [2.45, 2.75) is 6.42 Å². The van der Waals surface area contributed by atoms with E-state index < -0.39 is 6.16 Å². The highest BCUT2D eigenvalue weighted by Gasteiger charge is 1.97. The second-order valence-electron chi connectivity index (χ2n) is 1.46. The maximum Gasteiger partial charge on any atom is 0.503 e. The molecule has 0 aromatic carbocycles. The van der Waals surface area contributed by atoms with E-state index in [1.807, 2.05) is 0 Å². The van der Waals surface area contributed by atoms with Crippen LogP contribution in [-0.4, -0.2) is 22.3 Å². The van der Waals surface area contributed by atoms with Gasteiger partial charge < -0.3 is 15.5 Å². The van der Waals surface area contributed by atoms with Crippen LogP contribution in [0.3, 0.4) is 0 Å². The van der Waals surface area contributed by atoms with E-state index >= 15 is 0 Å². The molecule has 10 heavy (non-hydrogen) atoms. The van der Waals surface area contributed by atoms with Gasteiger partial charge in [0.05, 0.1) is 0 Å². The molecule has 0 fully saturated rings. The average Bonchev–Trinajstić information content (AvgIpc) is 2.15. The summed E-state index contributed by atoms with van der Waals surface area (Å²) in [6.07, 6.45) is 2.17. The molecule has 1 heterocycles. The zero-order chi connectivity index (χ0) is 7.98. The van der Waals surface area contributed by atoms with E-state index in [4.69, 9.17) is 15.0 Å². The molecular formula is C5H7NO4. The number of rotatable bonds is 0. The lowest BCUT2D eigenvalue weighted by Crippen LogP contribution is -2.08. The molecule has 0 atom stereocenters. The minimum absolute atomic E-state index is 0.0926. The Hall–Kier alpha value is -1.52. The Morgan fingerprint density at radius 1 is 1.60 bits per heavy atom. The normalized spacial score (nSPS) is 13.4. The van der Waals surface area contributed by atoms with Crippen LogP contribution < -0.4 is 5.32 Å². The lowest BCUT2D eigenvalue weighted by Gasteiger charge is -1.78. The average molecular weight is 145 g/mol. The molecule has 0 aromatic rings. The number of carbonyl (C=O) groups is 2. The van der Waals surface area contributed by atoms with Gasteiger partial charge in [-0.15, -0.1) is 0 Å². The molecule has 0 bridgehead atoms. The lowest BCUT2D eigenvalue weighted by atomic mass is 10.5. The summed E-state index contributed by atoms with van der Waals surface area (Å²) in [4.78, 5) is 18.6. The van der Waals surface area contributed by atoms with Gasteiger partial charge in [-0.2, -0.15) is 0 Å². The summed E-state index contributed by atoms with van der Waals surface area (Å²) in [6.45, 7) is 0. The number of hydrogen-bond acceptors (Lipinski definition) is 2. The van der Waals surface area contributed by atoms with Crippen molar-refractivity contribution in [3.05, 3.63) is 12.3 Å². The van der Waals surface area contributed by atoms with E-state index in [0.717, 1.165) is 0 Å². The monoisotopic (exact) mass is 145 g/mol. The minimum atomic E-state index is -1.83. The smallest absolute Gasteiger partial charge is 0.450 e. The van der Waals surface area contributed by atoms with Crippen LogP contribution in [0.5, 0.6) is 0 Å². The highest BCUT2D eigenvalue weighted by atomic mass is 16.6. The van der Waals surface area contributed by atoms with Crippen molar-refractivity contribution in [1.82, 2.24) is 5.32 Å². The van der Waals surface area contributed by atoms with Crippen LogP contribution in [0.25, 0.3) is 0 Å². The molecule has 3 N–H and O–H groups in total. The Balaban J connectivity index is 0.000000180. The Morgan fingerprint density at radius 3 is 2.20 bits per heavy atom. The van der Waals surface area contributed by atoms with Gasteiger partial charge in [0.25, 0.3) is 0 Å². The van der Waals surface area contributed by atoms with Crippen LogP contribution in [0.2, 0.25) is 0 Å². The van der Waals surface area contributed by atoms with Gasteiger partial charge in [0.2, 0.25) is 5.91 Å². The van der Waals surface area contributed by atoms with E-state index in [1.165, 1.54) is 0 Å². The van der Waals surface area contributed by atoms with Gasteiger partial charge in [-0.1, -0.05) is 6.08 Å². The number of carbonyl (C=O) groups excluding carboxylic acids is 1. The molecule has 5 nitrogen and oxygen atoms in total. The summed E-state index contributed by atoms with van der Waals surface area (Å²) in [5.41, 5.74) is 0. The van der Waals surface area contributed by atoms with E-state index in [9.17, 15) is 4.79 Å². The molecule has 1 rings (SSSR count). The fraction of sp³-hybridized carbons (Fsp3) is 0.200. The fourth-order valence-electron chi connectivity index (χ4n) is 0.377. The van der Waals surface area contributed by atoms with Gasteiger partial charge in [-0.3, -0.25) is 4.79 Å². The summed E-state index contributed by atoms with van der Waals surface area (Å²) in [6, 6.07) is 0. The van der Waals surface area contributed by atoms with Crippen LogP contribution >= 0.6 is 0 Å². The predicted octanol–water partition coefficient (Wildman–Crippen LogP) is 0.242. The Labute approximate surface area is 57.0 Å². The van der Waals surface area contributed by atoms with Crippen molar-refractivity contribution < 1.29 is 19.8 Å². The van der Waals surface area contributed by atoms with Gasteiger partial charge in [-0.05, 0) is 0 Å². The van der Waals surface area contributed by atoms with Crippen molar-refractivity contribution in [3.8, 4) is 0 Å². The topological polar surface area (TPSA) is 86.6 Å². The third-order valence-corrected chi connectivity index (χ3v) is 0.665. The zero-order valence-corrected chi connectivity index (χ0v) is 5.07. The number of hydrogen-bond donors (Lipinski definition) is 3. The Morgan fingerprint density at radius 2 is 2.10 bits per heavy atom. The first-order valence-electron chi connectivity index (χ1n) is 2.49. The van der Waals surface area contributed by atoms with Crippen molar-refractivity contribution in [3.63, 3.8) is 0 Å². The Bertz CT molecular complexity index is 149. The van der Waals surface area contributed by atoms with Gasteiger partial charge in [-0.25, -0.2) is 4.79 Å². The number of nitrogens with one attached hydrogen (secondary N) is 1. The molecular weight excluding hydrogens is 138 g/mol. The van der Waals surface area contributed by atoms with Crippen LogP contribution in [0, 0.1) is 0 Å². The quantitative estimate of drug-likeness (QED) is 0.455. The van der Waals surface area contributed by atoms with Crippen LogP contribution in [0.4, 0.5) is 4.79 Å². The summed E-state index contributed by atoms with van der Waals surface area (Å²) >= 11 is 0. The predicted molar refractivity (Wildman–Crippen MR) is 32.6 cm³/mol. The summed E-state index contributed by atoms with van der Waals surface area (Å²) in [5, 5.41) is 16.4. The van der Waals surface area contributed by atoms with E-state index in [1.54, 1.807) is 12.3 Å². The molecule has 1 aliphatic rings. The minimum Gasteiger partial charge on any atom is -0.450 e. The first-order valence-corrected chi connectivity index (χ1v) is 2.49. The van der Waals surface area contributed by atoms with Gasteiger partial charge >= 0.3 is 6.16 Å². The van der Waals surface area contributed by atoms with Gasteiger partial charge in [0.15, 0.2) is 0 Å². The largest absolute Gasteiger partial charge is 0.503 e. The van der Waals surface area contributed by atoms with Crippen molar-refractivity contribution in [1.29, 1.82) is 0 Å². The molecule has 0 unspecified atom stereocenters. The molecule has 0 aromatic heterocycles. The van der Waals surface area contributed by atoms with Crippen LogP contribution in [-0.2, 0) is 4.79 Å². The first-order chi connectivity index (χ1) is 4.63. The molecule has 5 heteroatoms. The molecule has 0 saturated heterocycles. The zero-order valence-electron chi connectivity index (χ0n) is 5.07. The SMILES string of the molecule is O=C(O)O.O=C1CC=CN1.